The van der Waals surface area contributed by atoms with Gasteiger partial charge in [0, 0.05) is 41.8 Å². The molecule has 0 bridgehead atoms. The van der Waals surface area contributed by atoms with Crippen LogP contribution in [0.4, 0.5) is 0 Å². The van der Waals surface area contributed by atoms with Crippen molar-refractivity contribution >= 4 is 28.6 Å². The van der Waals surface area contributed by atoms with E-state index in [2.05, 4.69) is 27.5 Å². The van der Waals surface area contributed by atoms with Crippen LogP contribution in [0.5, 0.6) is 5.75 Å². The molecule has 26 heavy (non-hydrogen) atoms. The summed E-state index contributed by atoms with van der Waals surface area (Å²) in [5.41, 5.74) is 3.38. The monoisotopic (exact) mass is 367 g/mol. The minimum absolute atomic E-state index is 0.00817. The Morgan fingerprint density at radius 1 is 1.31 bits per heavy atom. The maximum Gasteiger partial charge on any atom is 0.258 e. The Hall–Kier alpha value is -2.47. The molecule has 1 saturated heterocycles. The molecule has 3 aromatic rings. The number of thioether (sulfide) groups is 1. The van der Waals surface area contributed by atoms with E-state index >= 15 is 0 Å². The number of benzene rings is 1. The highest BCUT2D eigenvalue weighted by Gasteiger charge is 2.22. The van der Waals surface area contributed by atoms with E-state index in [4.69, 9.17) is 4.74 Å². The molecule has 3 heterocycles. The van der Waals surface area contributed by atoms with E-state index in [-0.39, 0.29) is 12.5 Å². The van der Waals surface area contributed by atoms with Gasteiger partial charge in [-0.25, -0.2) is 0 Å². The maximum atomic E-state index is 12.1. The first kappa shape index (κ1) is 17.0. The lowest BCUT2D eigenvalue weighted by Gasteiger charge is -2.12. The van der Waals surface area contributed by atoms with E-state index in [1.165, 1.54) is 17.7 Å². The SMILES string of the molecule is O=C(COc1cccc2[nH]cc(C3CCSC3)c12)NCc1ccncc1. The van der Waals surface area contributed by atoms with Gasteiger partial charge in [0.15, 0.2) is 6.61 Å². The molecule has 1 atom stereocenters. The fraction of sp³-hybridized carbons (Fsp3) is 0.300. The van der Waals surface area contributed by atoms with Crippen molar-refractivity contribution in [3.8, 4) is 5.75 Å². The Bertz CT molecular complexity index is 888. The molecule has 0 spiro atoms. The quantitative estimate of drug-likeness (QED) is 0.700. The van der Waals surface area contributed by atoms with Crippen LogP contribution in [0.1, 0.15) is 23.5 Å². The first-order valence-corrected chi connectivity index (χ1v) is 9.93. The number of aromatic nitrogens is 2. The first-order valence-electron chi connectivity index (χ1n) is 8.77. The second-order valence-electron chi connectivity index (χ2n) is 6.40. The largest absolute Gasteiger partial charge is 0.483 e. The topological polar surface area (TPSA) is 67.0 Å². The zero-order valence-electron chi connectivity index (χ0n) is 14.4. The number of hydrogen-bond acceptors (Lipinski definition) is 4. The van der Waals surface area contributed by atoms with Gasteiger partial charge in [-0.1, -0.05) is 6.07 Å². The number of carbonyl (C=O) groups is 1. The van der Waals surface area contributed by atoms with Crippen LogP contribution < -0.4 is 10.1 Å². The third-order valence-corrected chi connectivity index (χ3v) is 5.83. The lowest BCUT2D eigenvalue weighted by atomic mass is 9.98. The number of pyridine rings is 1. The molecule has 1 fully saturated rings. The predicted octanol–water partition coefficient (Wildman–Crippen LogP) is 3.48. The van der Waals surface area contributed by atoms with Crippen LogP contribution in [0, 0.1) is 0 Å². The summed E-state index contributed by atoms with van der Waals surface area (Å²) in [6.45, 7) is 0.484. The van der Waals surface area contributed by atoms with E-state index in [0.717, 1.165) is 28.0 Å². The molecule has 0 aliphatic carbocycles. The number of rotatable bonds is 6. The molecular formula is C20H21N3O2S. The van der Waals surface area contributed by atoms with Crippen molar-refractivity contribution in [2.24, 2.45) is 0 Å². The third kappa shape index (κ3) is 3.70. The van der Waals surface area contributed by atoms with Gasteiger partial charge in [0.25, 0.3) is 5.91 Å². The molecule has 5 nitrogen and oxygen atoms in total. The van der Waals surface area contributed by atoms with Crippen LogP contribution in [-0.2, 0) is 11.3 Å². The normalized spacial score (nSPS) is 16.7. The van der Waals surface area contributed by atoms with Gasteiger partial charge in [-0.15, -0.1) is 0 Å². The second kappa shape index (κ2) is 7.83. The van der Waals surface area contributed by atoms with Gasteiger partial charge in [-0.2, -0.15) is 11.8 Å². The van der Waals surface area contributed by atoms with Crippen LogP contribution in [0.25, 0.3) is 10.9 Å². The number of nitrogens with zero attached hydrogens (tertiary/aromatic N) is 1. The molecule has 1 aliphatic heterocycles. The standard InChI is InChI=1S/C20H21N3O2S/c24-19(23-10-14-4-7-21-8-5-14)12-25-18-3-1-2-17-20(18)16(11-22-17)15-6-9-26-13-15/h1-5,7-8,11,15,22H,6,9-10,12-13H2,(H,23,24). The summed E-state index contributed by atoms with van der Waals surface area (Å²) in [6, 6.07) is 9.71. The number of carbonyl (C=O) groups excluding carboxylic acids is 1. The smallest absolute Gasteiger partial charge is 0.258 e. The predicted molar refractivity (Wildman–Crippen MR) is 105 cm³/mol. The number of fused-ring (bicyclic) bond motifs is 1. The fourth-order valence-corrected chi connectivity index (χ4v) is 4.54. The van der Waals surface area contributed by atoms with Gasteiger partial charge in [-0.3, -0.25) is 9.78 Å². The molecule has 134 valence electrons. The summed E-state index contributed by atoms with van der Waals surface area (Å²) >= 11 is 1.99. The fourth-order valence-electron chi connectivity index (χ4n) is 3.29. The lowest BCUT2D eigenvalue weighted by Crippen LogP contribution is -2.28. The maximum absolute atomic E-state index is 12.1. The van der Waals surface area contributed by atoms with E-state index in [1.807, 2.05) is 36.0 Å². The minimum Gasteiger partial charge on any atom is -0.483 e. The summed E-state index contributed by atoms with van der Waals surface area (Å²) in [7, 11) is 0. The molecule has 2 aromatic heterocycles. The summed E-state index contributed by atoms with van der Waals surface area (Å²) < 4.78 is 5.88. The van der Waals surface area contributed by atoms with Gasteiger partial charge < -0.3 is 15.0 Å². The van der Waals surface area contributed by atoms with Gasteiger partial charge in [-0.05, 0) is 53.5 Å². The van der Waals surface area contributed by atoms with Gasteiger partial charge in [0.2, 0.25) is 0 Å². The third-order valence-electron chi connectivity index (χ3n) is 4.67. The number of amides is 1. The van der Waals surface area contributed by atoms with Gasteiger partial charge >= 0.3 is 0 Å². The van der Waals surface area contributed by atoms with Crippen molar-refractivity contribution in [2.75, 3.05) is 18.1 Å². The van der Waals surface area contributed by atoms with Crippen molar-refractivity contribution in [3.63, 3.8) is 0 Å². The Labute approximate surface area is 156 Å². The van der Waals surface area contributed by atoms with E-state index < -0.39 is 0 Å². The molecule has 4 rings (SSSR count). The molecule has 2 N–H and O–H groups in total. The summed E-state index contributed by atoms with van der Waals surface area (Å²) in [6.07, 6.45) is 6.72. The van der Waals surface area contributed by atoms with Crippen LogP contribution in [-0.4, -0.2) is 34.0 Å². The molecule has 6 heteroatoms. The molecule has 1 aromatic carbocycles. The number of hydrogen-bond donors (Lipinski definition) is 2. The summed E-state index contributed by atoms with van der Waals surface area (Å²) in [5, 5.41) is 3.99. The highest BCUT2D eigenvalue weighted by molar-refractivity contribution is 7.99. The van der Waals surface area contributed by atoms with Crippen molar-refractivity contribution < 1.29 is 9.53 Å². The molecule has 1 amide bonds. The van der Waals surface area contributed by atoms with Gasteiger partial charge in [0.05, 0.1) is 0 Å². The summed E-state index contributed by atoms with van der Waals surface area (Å²) in [4.78, 5) is 19.5. The Morgan fingerprint density at radius 3 is 3.00 bits per heavy atom. The first-order chi connectivity index (χ1) is 12.8. The molecule has 0 saturated carbocycles. The molecular weight excluding hydrogens is 346 g/mol. The number of nitrogens with one attached hydrogen (secondary N) is 2. The lowest BCUT2D eigenvalue weighted by molar-refractivity contribution is -0.123. The number of ether oxygens (including phenoxy) is 1. The molecule has 0 radical (unpaired) electrons. The van der Waals surface area contributed by atoms with Gasteiger partial charge in [0.1, 0.15) is 5.75 Å². The van der Waals surface area contributed by atoms with Crippen LogP contribution in [0.2, 0.25) is 0 Å². The van der Waals surface area contributed by atoms with Crippen molar-refractivity contribution in [2.45, 2.75) is 18.9 Å². The van der Waals surface area contributed by atoms with Crippen molar-refractivity contribution in [1.29, 1.82) is 0 Å². The van der Waals surface area contributed by atoms with Crippen molar-refractivity contribution in [1.82, 2.24) is 15.3 Å². The van der Waals surface area contributed by atoms with Crippen molar-refractivity contribution in [3.05, 3.63) is 60.0 Å². The Balaban J connectivity index is 1.43. The second-order valence-corrected chi connectivity index (χ2v) is 7.55. The zero-order chi connectivity index (χ0) is 17.8. The Kier molecular flexibility index (Phi) is 5.11. The Morgan fingerprint density at radius 2 is 2.19 bits per heavy atom. The minimum atomic E-state index is -0.132. The van der Waals surface area contributed by atoms with Crippen LogP contribution in [0.3, 0.4) is 0 Å². The average molecular weight is 367 g/mol. The highest BCUT2D eigenvalue weighted by Crippen LogP contribution is 2.39. The zero-order valence-corrected chi connectivity index (χ0v) is 15.2. The highest BCUT2D eigenvalue weighted by atomic mass is 32.2. The van der Waals surface area contributed by atoms with E-state index in [9.17, 15) is 4.79 Å². The number of H-pyrrole nitrogens is 1. The average Bonchev–Trinajstić information content (AvgIpc) is 3.35. The summed E-state index contributed by atoms with van der Waals surface area (Å²) in [5.74, 6) is 3.55. The molecule has 1 aliphatic rings. The number of aromatic amines is 1. The van der Waals surface area contributed by atoms with E-state index in [0.29, 0.717) is 12.5 Å². The van der Waals surface area contributed by atoms with Crippen LogP contribution in [0.15, 0.2) is 48.9 Å². The van der Waals surface area contributed by atoms with E-state index in [1.54, 1.807) is 12.4 Å². The molecule has 1 unspecified atom stereocenters. The van der Waals surface area contributed by atoms with Crippen LogP contribution >= 0.6 is 11.8 Å².